The molecule has 0 unspecified atom stereocenters. The molecule has 1 aliphatic carbocycles. The summed E-state index contributed by atoms with van der Waals surface area (Å²) in [5.41, 5.74) is -4.91. The van der Waals surface area contributed by atoms with Crippen molar-refractivity contribution in [2.45, 2.75) is 48.0 Å². The van der Waals surface area contributed by atoms with E-state index in [1.54, 1.807) is 4.90 Å². The molecule has 4 fully saturated rings. The number of nitrogens with one attached hydrogen (secondary N) is 1. The molecule has 4 heterocycles. The third-order valence-electron chi connectivity index (χ3n) is 7.17. The molecule has 1 aromatic heterocycles. The van der Waals surface area contributed by atoms with E-state index in [4.69, 9.17) is 0 Å². The summed E-state index contributed by atoms with van der Waals surface area (Å²) in [6.07, 6.45) is 4.44. The zero-order valence-electron chi connectivity index (χ0n) is 17.2. The maximum absolute atomic E-state index is 12.6. The first-order valence-electron chi connectivity index (χ1n) is 10.5. The van der Waals surface area contributed by atoms with Gasteiger partial charge in [0.25, 0.3) is 9.84 Å². The van der Waals surface area contributed by atoms with Crippen LogP contribution in [0.5, 0.6) is 0 Å². The number of urea groups is 1. The third-order valence-corrected chi connectivity index (χ3v) is 8.64. The quantitative estimate of drug-likeness (QED) is 0.722. The second-order valence-corrected chi connectivity index (χ2v) is 11.7. The summed E-state index contributed by atoms with van der Waals surface area (Å²) in [6, 6.07) is 2.30. The largest absolute Gasteiger partial charge is 0.501 e. The van der Waals surface area contributed by atoms with Crippen molar-refractivity contribution in [2.24, 2.45) is 11.3 Å². The van der Waals surface area contributed by atoms with Gasteiger partial charge in [-0.25, -0.2) is 13.2 Å². The summed E-state index contributed by atoms with van der Waals surface area (Å²) in [7, 11) is -5.38. The van der Waals surface area contributed by atoms with Gasteiger partial charge < -0.3 is 15.1 Å². The first-order chi connectivity index (χ1) is 14.9. The molecule has 1 aromatic rings. The van der Waals surface area contributed by atoms with Gasteiger partial charge in [0.1, 0.15) is 0 Å². The lowest BCUT2D eigenvalue weighted by atomic mass is 9.57. The molecule has 5 rings (SSSR count). The smallest absolute Gasteiger partial charge is 0.347 e. The average Bonchev–Trinajstić information content (AvgIpc) is 3.02. The van der Waals surface area contributed by atoms with E-state index < -0.39 is 20.2 Å². The number of sulfone groups is 1. The lowest BCUT2D eigenvalue weighted by Gasteiger charge is -2.61. The number of hydrogen-bond donors (Lipinski definition) is 1. The molecule has 32 heavy (non-hydrogen) atoms. The zero-order valence-corrected chi connectivity index (χ0v) is 18.0. The van der Waals surface area contributed by atoms with E-state index in [2.05, 4.69) is 10.3 Å². The molecule has 8 nitrogen and oxygen atoms in total. The lowest BCUT2D eigenvalue weighted by molar-refractivity contribution is -0.120. The molecular formula is C20H23F3N4O4S. The molecule has 1 N–H and O–H groups in total. The number of halogens is 3. The molecular weight excluding hydrogens is 449 g/mol. The highest BCUT2D eigenvalue weighted by molar-refractivity contribution is 7.92. The van der Waals surface area contributed by atoms with Crippen molar-refractivity contribution in [2.75, 3.05) is 26.2 Å². The molecule has 2 spiro atoms. The zero-order chi connectivity index (χ0) is 22.9. The molecule has 1 saturated carbocycles. The fraction of sp³-hybridized carbons (Fsp3) is 0.650. The van der Waals surface area contributed by atoms with Gasteiger partial charge in [-0.15, -0.1) is 0 Å². The van der Waals surface area contributed by atoms with E-state index in [0.29, 0.717) is 50.6 Å². The molecule has 4 aliphatic rings. The molecule has 3 saturated heterocycles. The number of nitrogens with zero attached hydrogens (tertiary/aromatic N) is 3. The molecule has 0 aromatic carbocycles. The fourth-order valence-electron chi connectivity index (χ4n) is 5.62. The van der Waals surface area contributed by atoms with Crippen LogP contribution in [0.2, 0.25) is 0 Å². The highest BCUT2D eigenvalue weighted by atomic mass is 32.2. The second kappa shape index (κ2) is 6.82. The Balaban J connectivity index is 1.08. The molecule has 0 bridgehead atoms. The minimum Gasteiger partial charge on any atom is -0.347 e. The minimum atomic E-state index is -5.38. The summed E-state index contributed by atoms with van der Waals surface area (Å²) >= 11 is 0. The topological polar surface area (TPSA) is 99.7 Å². The number of aromatic nitrogens is 1. The Morgan fingerprint density at radius 3 is 2.34 bits per heavy atom. The van der Waals surface area contributed by atoms with Crippen LogP contribution in [0.25, 0.3) is 0 Å². The summed E-state index contributed by atoms with van der Waals surface area (Å²) in [5.74, 6) is 0.359. The van der Waals surface area contributed by atoms with Crippen LogP contribution in [0.3, 0.4) is 0 Å². The predicted molar refractivity (Wildman–Crippen MR) is 105 cm³/mol. The van der Waals surface area contributed by atoms with Crippen molar-refractivity contribution < 1.29 is 31.2 Å². The number of rotatable bonds is 3. The number of carbonyl (C=O) groups is 2. The summed E-state index contributed by atoms with van der Waals surface area (Å²) in [4.78, 5) is 30.7. The molecule has 12 heteroatoms. The Hall–Kier alpha value is -2.37. The van der Waals surface area contributed by atoms with Crippen molar-refractivity contribution in [3.05, 3.63) is 24.0 Å². The van der Waals surface area contributed by atoms with Crippen molar-refractivity contribution in [3.63, 3.8) is 0 Å². The summed E-state index contributed by atoms with van der Waals surface area (Å²) in [6.45, 7) is 2.51. The lowest BCUT2D eigenvalue weighted by Crippen LogP contribution is -2.73. The Morgan fingerprint density at radius 1 is 1.16 bits per heavy atom. The second-order valence-electron chi connectivity index (χ2n) is 9.74. The molecule has 0 atom stereocenters. The van der Waals surface area contributed by atoms with Crippen LogP contribution in [-0.2, 0) is 21.1 Å². The van der Waals surface area contributed by atoms with Crippen LogP contribution in [0, 0.1) is 11.3 Å². The standard InChI is InChI=1S/C20H23F3N4O4S/c21-20(22,23)32(30,31)15-2-1-14(24-8-15)5-13-6-18(7-13)9-26(10-18)17(29)27-11-19(12-27)4-3-16(28)25-19/h1-2,8,13H,3-7,9-12H2,(H,25,28). The van der Waals surface area contributed by atoms with Gasteiger partial charge in [-0.3, -0.25) is 9.78 Å². The van der Waals surface area contributed by atoms with Gasteiger partial charge in [0.15, 0.2) is 0 Å². The fourth-order valence-corrected chi connectivity index (χ4v) is 6.32. The SMILES string of the molecule is O=C1CCC2(CN(C(=O)N3CC4(CC(Cc5ccc(S(=O)(=O)C(F)(F)F)cn5)C4)C3)C2)N1. The molecule has 3 aliphatic heterocycles. The van der Waals surface area contributed by atoms with Crippen LogP contribution in [0.4, 0.5) is 18.0 Å². The van der Waals surface area contributed by atoms with E-state index in [1.165, 1.54) is 6.07 Å². The monoisotopic (exact) mass is 472 g/mol. The van der Waals surface area contributed by atoms with Gasteiger partial charge in [-0.1, -0.05) is 0 Å². The average molecular weight is 472 g/mol. The Labute approximate surface area is 183 Å². The van der Waals surface area contributed by atoms with Crippen molar-refractivity contribution in [3.8, 4) is 0 Å². The number of amides is 3. The Morgan fingerprint density at radius 2 is 1.81 bits per heavy atom. The van der Waals surface area contributed by atoms with Gasteiger partial charge in [0.2, 0.25) is 5.91 Å². The Bertz CT molecular complexity index is 1050. The van der Waals surface area contributed by atoms with E-state index in [0.717, 1.165) is 31.5 Å². The molecule has 0 radical (unpaired) electrons. The van der Waals surface area contributed by atoms with Gasteiger partial charge in [0, 0.05) is 49.9 Å². The highest BCUT2D eigenvalue weighted by Gasteiger charge is 2.56. The number of hydrogen-bond acceptors (Lipinski definition) is 5. The highest BCUT2D eigenvalue weighted by Crippen LogP contribution is 2.53. The van der Waals surface area contributed by atoms with Gasteiger partial charge in [-0.2, -0.15) is 13.2 Å². The summed E-state index contributed by atoms with van der Waals surface area (Å²) < 4.78 is 60.7. The van der Waals surface area contributed by atoms with Gasteiger partial charge in [0.05, 0.1) is 10.4 Å². The van der Waals surface area contributed by atoms with Crippen molar-refractivity contribution >= 4 is 21.8 Å². The minimum absolute atomic E-state index is 0.00831. The van der Waals surface area contributed by atoms with Gasteiger partial charge >= 0.3 is 11.5 Å². The van der Waals surface area contributed by atoms with E-state index in [-0.39, 0.29) is 22.9 Å². The molecule has 174 valence electrons. The predicted octanol–water partition coefficient (Wildman–Crippen LogP) is 1.71. The third kappa shape index (κ3) is 3.43. The van der Waals surface area contributed by atoms with Crippen LogP contribution >= 0.6 is 0 Å². The number of carbonyl (C=O) groups excluding carboxylic acids is 2. The van der Waals surface area contributed by atoms with E-state index in [9.17, 15) is 31.2 Å². The maximum Gasteiger partial charge on any atom is 0.501 e. The maximum atomic E-state index is 12.6. The van der Waals surface area contributed by atoms with Crippen LogP contribution < -0.4 is 5.32 Å². The first kappa shape index (κ1) is 21.5. The van der Waals surface area contributed by atoms with Crippen LogP contribution in [0.1, 0.15) is 31.4 Å². The number of likely N-dealkylation sites (tertiary alicyclic amines) is 2. The number of pyridine rings is 1. The van der Waals surface area contributed by atoms with Crippen molar-refractivity contribution in [1.82, 2.24) is 20.1 Å². The van der Waals surface area contributed by atoms with E-state index in [1.807, 2.05) is 4.90 Å². The first-order valence-corrected chi connectivity index (χ1v) is 12.0. The van der Waals surface area contributed by atoms with Crippen LogP contribution in [-0.4, -0.2) is 72.4 Å². The Kier molecular flexibility index (Phi) is 4.57. The van der Waals surface area contributed by atoms with Crippen LogP contribution in [0.15, 0.2) is 23.2 Å². The van der Waals surface area contributed by atoms with Gasteiger partial charge in [-0.05, 0) is 43.7 Å². The number of alkyl halides is 3. The van der Waals surface area contributed by atoms with Crippen molar-refractivity contribution in [1.29, 1.82) is 0 Å². The normalized spacial score (nSPS) is 24.2. The summed E-state index contributed by atoms with van der Waals surface area (Å²) in [5, 5.41) is 2.97. The van der Waals surface area contributed by atoms with E-state index >= 15 is 0 Å². The molecule has 3 amide bonds.